The van der Waals surface area contributed by atoms with Gasteiger partial charge in [-0.3, -0.25) is 4.57 Å². The van der Waals surface area contributed by atoms with Crippen LogP contribution in [0.3, 0.4) is 0 Å². The van der Waals surface area contributed by atoms with E-state index in [2.05, 4.69) is 10.1 Å². The first kappa shape index (κ1) is 14.3. The van der Waals surface area contributed by atoms with Gasteiger partial charge in [0.1, 0.15) is 0 Å². The molecule has 2 aromatic rings. The second-order valence-electron chi connectivity index (χ2n) is 4.86. The Bertz CT molecular complexity index is 590. The van der Waals surface area contributed by atoms with Crippen molar-refractivity contribution in [2.24, 2.45) is 0 Å². The molecule has 0 fully saturated rings. The minimum absolute atomic E-state index is 0.0984. The third kappa shape index (κ3) is 3.47. The van der Waals surface area contributed by atoms with Crippen LogP contribution in [-0.4, -0.2) is 15.9 Å². The Balaban J connectivity index is 2.20. The monoisotopic (exact) mass is 280 g/mol. The number of benzene rings is 1. The number of aromatic amines is 1. The summed E-state index contributed by atoms with van der Waals surface area (Å²) in [6, 6.07) is 7.83. The molecule has 3 N–H and O–H groups in total. The summed E-state index contributed by atoms with van der Waals surface area (Å²) in [5, 5.41) is 3.92. The number of hydrogen-bond acceptors (Lipinski definition) is 1. The topological polar surface area (TPSA) is 65.1 Å². The highest BCUT2D eigenvalue weighted by Gasteiger charge is 2.22. The summed E-state index contributed by atoms with van der Waals surface area (Å²) in [7, 11) is -3.35. The summed E-state index contributed by atoms with van der Waals surface area (Å²) in [6.07, 6.45) is 3.73. The Kier molecular flexibility index (Phi) is 4.46. The predicted molar refractivity (Wildman–Crippen MR) is 79.3 cm³/mol. The van der Waals surface area contributed by atoms with Gasteiger partial charge in [0.15, 0.2) is 0 Å². The summed E-state index contributed by atoms with van der Waals surface area (Å²) in [5.41, 5.74) is 1.91. The molecular formula is C14H21N2O2P. The van der Waals surface area contributed by atoms with Crippen molar-refractivity contribution < 1.29 is 9.46 Å². The van der Waals surface area contributed by atoms with Crippen LogP contribution in [-0.2, 0) is 10.7 Å². The smallest absolute Gasteiger partial charge is 0.271 e. The molecule has 5 heteroatoms. The molecule has 0 radical (unpaired) electrons. The Morgan fingerprint density at radius 1 is 1.32 bits per heavy atom. The summed E-state index contributed by atoms with van der Waals surface area (Å²) in [4.78, 5) is 13.2. The van der Waals surface area contributed by atoms with Gasteiger partial charge in [-0.05, 0) is 30.5 Å². The average molecular weight is 280 g/mol. The zero-order valence-electron chi connectivity index (χ0n) is 11.4. The lowest BCUT2D eigenvalue weighted by molar-refractivity contribution is 0.438. The van der Waals surface area contributed by atoms with Crippen molar-refractivity contribution in [1.82, 2.24) is 10.1 Å². The minimum atomic E-state index is -3.35. The van der Waals surface area contributed by atoms with Crippen LogP contribution in [0.4, 0.5) is 0 Å². The first-order valence-corrected chi connectivity index (χ1v) is 8.54. The van der Waals surface area contributed by atoms with E-state index in [4.69, 9.17) is 0 Å². The Morgan fingerprint density at radius 2 is 2.05 bits per heavy atom. The van der Waals surface area contributed by atoms with Crippen LogP contribution in [0.2, 0.25) is 0 Å². The van der Waals surface area contributed by atoms with Gasteiger partial charge < -0.3 is 9.88 Å². The highest BCUT2D eigenvalue weighted by Crippen LogP contribution is 2.42. The third-order valence-corrected chi connectivity index (χ3v) is 4.98. The zero-order valence-corrected chi connectivity index (χ0v) is 12.3. The van der Waals surface area contributed by atoms with Crippen LogP contribution < -0.4 is 5.09 Å². The molecular weight excluding hydrogens is 259 g/mol. The molecule has 0 bridgehead atoms. The lowest BCUT2D eigenvalue weighted by Gasteiger charge is -2.20. The third-order valence-electron chi connectivity index (χ3n) is 3.44. The van der Waals surface area contributed by atoms with Crippen LogP contribution in [0.25, 0.3) is 10.9 Å². The van der Waals surface area contributed by atoms with E-state index in [1.165, 1.54) is 0 Å². The lowest BCUT2D eigenvalue weighted by Crippen LogP contribution is -2.25. The molecule has 1 atom stereocenters. The van der Waals surface area contributed by atoms with Crippen molar-refractivity contribution in [3.8, 4) is 0 Å². The number of hydrogen-bond donors (Lipinski definition) is 3. The molecule has 0 aliphatic rings. The van der Waals surface area contributed by atoms with Crippen molar-refractivity contribution in [3.05, 3.63) is 36.0 Å². The van der Waals surface area contributed by atoms with Gasteiger partial charge in [0.25, 0.3) is 7.52 Å². The molecule has 4 nitrogen and oxygen atoms in total. The van der Waals surface area contributed by atoms with Gasteiger partial charge in [0.05, 0.1) is 6.16 Å². The first-order chi connectivity index (χ1) is 9.05. The van der Waals surface area contributed by atoms with E-state index in [1.54, 1.807) is 0 Å². The minimum Gasteiger partial charge on any atom is -0.361 e. The van der Waals surface area contributed by atoms with Gasteiger partial charge in [-0.2, -0.15) is 0 Å². The Hall–Kier alpha value is -1.09. The second-order valence-corrected chi connectivity index (χ2v) is 6.84. The molecule has 104 valence electrons. The average Bonchev–Trinajstić information content (AvgIpc) is 2.85. The van der Waals surface area contributed by atoms with Gasteiger partial charge >= 0.3 is 0 Å². The largest absolute Gasteiger partial charge is 0.361 e. The molecule has 0 spiro atoms. The molecule has 2 rings (SSSR count). The molecule has 0 aliphatic carbocycles. The molecule has 0 aliphatic heterocycles. The van der Waals surface area contributed by atoms with Gasteiger partial charge in [-0.25, -0.2) is 5.09 Å². The number of aromatic nitrogens is 1. The van der Waals surface area contributed by atoms with Crippen molar-refractivity contribution in [2.45, 2.75) is 38.9 Å². The van der Waals surface area contributed by atoms with Crippen molar-refractivity contribution in [2.75, 3.05) is 0 Å². The first-order valence-electron chi connectivity index (χ1n) is 6.70. The fraction of sp³-hybridized carbons (Fsp3) is 0.429. The number of fused-ring (bicyclic) bond motifs is 1. The maximum absolute atomic E-state index is 12.3. The summed E-state index contributed by atoms with van der Waals surface area (Å²) < 4.78 is 12.3. The fourth-order valence-corrected chi connectivity index (χ4v) is 4.09. The molecule has 19 heavy (non-hydrogen) atoms. The zero-order chi connectivity index (χ0) is 13.9. The van der Waals surface area contributed by atoms with Crippen molar-refractivity contribution >= 4 is 18.4 Å². The maximum Gasteiger partial charge on any atom is 0.271 e. The van der Waals surface area contributed by atoms with E-state index >= 15 is 0 Å². The molecule has 0 saturated carbocycles. The molecule has 1 aromatic carbocycles. The molecule has 0 amide bonds. The fourth-order valence-electron chi connectivity index (χ4n) is 2.32. The molecule has 1 unspecified atom stereocenters. The van der Waals surface area contributed by atoms with Crippen LogP contribution in [0, 0.1) is 0 Å². The van der Waals surface area contributed by atoms with Gasteiger partial charge in [0, 0.05) is 23.1 Å². The van der Waals surface area contributed by atoms with E-state index < -0.39 is 7.52 Å². The predicted octanol–water partition coefficient (Wildman–Crippen LogP) is 3.63. The lowest BCUT2D eigenvalue weighted by atomic mass is 10.1. The Morgan fingerprint density at radius 3 is 2.74 bits per heavy atom. The Labute approximate surface area is 113 Å². The van der Waals surface area contributed by atoms with Crippen LogP contribution in [0.1, 0.15) is 32.3 Å². The quantitative estimate of drug-likeness (QED) is 0.708. The van der Waals surface area contributed by atoms with E-state index in [0.29, 0.717) is 0 Å². The molecule has 1 aromatic heterocycles. The maximum atomic E-state index is 12.3. The summed E-state index contributed by atoms with van der Waals surface area (Å²) in [6.45, 7) is 4.04. The summed E-state index contributed by atoms with van der Waals surface area (Å²) >= 11 is 0. The van der Waals surface area contributed by atoms with Crippen molar-refractivity contribution in [1.29, 1.82) is 0 Å². The van der Waals surface area contributed by atoms with Crippen LogP contribution >= 0.6 is 7.52 Å². The molecule has 0 saturated heterocycles. The number of nitrogens with one attached hydrogen (secondary N) is 2. The van der Waals surface area contributed by atoms with Crippen LogP contribution in [0.5, 0.6) is 0 Å². The molecule has 1 heterocycles. The highest BCUT2D eigenvalue weighted by molar-refractivity contribution is 7.55. The van der Waals surface area contributed by atoms with E-state index in [1.807, 2.05) is 44.3 Å². The normalized spacial score (nSPS) is 14.9. The summed E-state index contributed by atoms with van der Waals surface area (Å²) in [5.74, 6) is 0. The second kappa shape index (κ2) is 5.91. The highest BCUT2D eigenvalue weighted by atomic mass is 31.2. The standard InChI is InChI=1S/C14H21N2O2P/c1-3-12(4-2)16-19(17,18)10-11-6-5-7-14-13(11)8-9-15-14/h5-9,12,15H,3-4,10H2,1-2H3,(H2,16,17,18). The van der Waals surface area contributed by atoms with Gasteiger partial charge in [-0.15, -0.1) is 0 Å². The van der Waals surface area contributed by atoms with Crippen LogP contribution in [0.15, 0.2) is 30.5 Å². The SMILES string of the molecule is CCC(CC)NP(=O)(O)Cc1cccc2[nH]ccc12. The van der Waals surface area contributed by atoms with E-state index in [-0.39, 0.29) is 12.2 Å². The number of rotatable bonds is 6. The van der Waals surface area contributed by atoms with E-state index in [9.17, 15) is 9.46 Å². The van der Waals surface area contributed by atoms with E-state index in [0.717, 1.165) is 29.3 Å². The van der Waals surface area contributed by atoms with Gasteiger partial charge in [-0.1, -0.05) is 26.0 Å². The van der Waals surface area contributed by atoms with Gasteiger partial charge in [0.2, 0.25) is 0 Å². The number of H-pyrrole nitrogens is 1. The van der Waals surface area contributed by atoms with Crippen molar-refractivity contribution in [3.63, 3.8) is 0 Å².